The van der Waals surface area contributed by atoms with Crippen molar-refractivity contribution < 1.29 is 9.53 Å². The van der Waals surface area contributed by atoms with Gasteiger partial charge in [-0.3, -0.25) is 4.79 Å². The van der Waals surface area contributed by atoms with E-state index in [4.69, 9.17) is 10.5 Å². The third-order valence-corrected chi connectivity index (χ3v) is 2.46. The lowest BCUT2D eigenvalue weighted by molar-refractivity contribution is 0.102. The van der Waals surface area contributed by atoms with E-state index in [0.717, 1.165) is 5.69 Å². The molecule has 0 heterocycles. The standard InChI is InChI=1S/C14H14N2O2/c1-18-13-8-10(7-11(15)9-13)14(17)16-12-5-3-2-4-6-12/h2-9H,15H2,1H3,(H,16,17). The van der Waals surface area contributed by atoms with Crippen LogP contribution < -0.4 is 15.8 Å². The molecule has 0 saturated carbocycles. The molecule has 0 bridgehead atoms. The van der Waals surface area contributed by atoms with E-state index in [9.17, 15) is 4.79 Å². The van der Waals surface area contributed by atoms with Crippen LogP contribution in [0.15, 0.2) is 48.5 Å². The second kappa shape index (κ2) is 5.23. The number of rotatable bonds is 3. The van der Waals surface area contributed by atoms with Crippen LogP contribution in [0.3, 0.4) is 0 Å². The summed E-state index contributed by atoms with van der Waals surface area (Å²) in [6.45, 7) is 0. The molecule has 2 aromatic carbocycles. The van der Waals surface area contributed by atoms with Crippen LogP contribution >= 0.6 is 0 Å². The number of nitrogens with two attached hydrogens (primary N) is 1. The normalized spacial score (nSPS) is 9.83. The zero-order valence-corrected chi connectivity index (χ0v) is 10.0. The molecule has 1 amide bonds. The maximum Gasteiger partial charge on any atom is 0.255 e. The average molecular weight is 242 g/mol. The van der Waals surface area contributed by atoms with E-state index >= 15 is 0 Å². The number of methoxy groups -OCH3 is 1. The largest absolute Gasteiger partial charge is 0.497 e. The Morgan fingerprint density at radius 1 is 1.17 bits per heavy atom. The molecule has 0 aliphatic rings. The van der Waals surface area contributed by atoms with Crippen molar-refractivity contribution >= 4 is 17.3 Å². The van der Waals surface area contributed by atoms with Gasteiger partial charge < -0.3 is 15.8 Å². The predicted octanol–water partition coefficient (Wildman–Crippen LogP) is 2.53. The van der Waals surface area contributed by atoms with Crippen LogP contribution in [0.4, 0.5) is 11.4 Å². The summed E-state index contributed by atoms with van der Waals surface area (Å²) < 4.78 is 5.08. The summed E-state index contributed by atoms with van der Waals surface area (Å²) >= 11 is 0. The first kappa shape index (κ1) is 12.0. The van der Waals surface area contributed by atoms with E-state index in [1.165, 1.54) is 7.11 Å². The van der Waals surface area contributed by atoms with Gasteiger partial charge in [-0.25, -0.2) is 0 Å². The number of hydrogen-bond acceptors (Lipinski definition) is 3. The molecule has 0 fully saturated rings. The van der Waals surface area contributed by atoms with Gasteiger partial charge in [0, 0.05) is 23.0 Å². The Morgan fingerprint density at radius 3 is 2.56 bits per heavy atom. The summed E-state index contributed by atoms with van der Waals surface area (Å²) in [5, 5.41) is 2.79. The van der Waals surface area contributed by atoms with Gasteiger partial charge in [0.05, 0.1) is 7.11 Å². The Morgan fingerprint density at radius 2 is 1.89 bits per heavy atom. The van der Waals surface area contributed by atoms with Gasteiger partial charge in [0.2, 0.25) is 0 Å². The SMILES string of the molecule is COc1cc(N)cc(C(=O)Nc2ccccc2)c1. The van der Waals surface area contributed by atoms with Crippen molar-refractivity contribution in [3.63, 3.8) is 0 Å². The lowest BCUT2D eigenvalue weighted by atomic mass is 10.1. The van der Waals surface area contributed by atoms with Crippen LogP contribution in [0, 0.1) is 0 Å². The summed E-state index contributed by atoms with van der Waals surface area (Å²) in [6.07, 6.45) is 0. The highest BCUT2D eigenvalue weighted by atomic mass is 16.5. The Labute approximate surface area is 105 Å². The van der Waals surface area contributed by atoms with E-state index in [-0.39, 0.29) is 5.91 Å². The van der Waals surface area contributed by atoms with Crippen LogP contribution in [0.1, 0.15) is 10.4 Å². The smallest absolute Gasteiger partial charge is 0.255 e. The topological polar surface area (TPSA) is 64.3 Å². The number of benzene rings is 2. The number of nitrogen functional groups attached to an aromatic ring is 1. The molecular weight excluding hydrogens is 228 g/mol. The number of amides is 1. The Balaban J connectivity index is 2.21. The molecule has 2 aromatic rings. The minimum absolute atomic E-state index is 0.216. The monoisotopic (exact) mass is 242 g/mol. The lowest BCUT2D eigenvalue weighted by Gasteiger charge is -2.07. The Hall–Kier alpha value is -2.49. The van der Waals surface area contributed by atoms with Crippen LogP contribution in [0.5, 0.6) is 5.75 Å². The molecule has 0 aliphatic carbocycles. The lowest BCUT2D eigenvalue weighted by Crippen LogP contribution is -2.12. The third kappa shape index (κ3) is 2.79. The Bertz CT molecular complexity index is 553. The van der Waals surface area contributed by atoms with Crippen molar-refractivity contribution in [1.82, 2.24) is 0 Å². The highest BCUT2D eigenvalue weighted by molar-refractivity contribution is 6.05. The van der Waals surface area contributed by atoms with Crippen molar-refractivity contribution in [2.24, 2.45) is 0 Å². The molecule has 0 spiro atoms. The van der Waals surface area contributed by atoms with Crippen LogP contribution in [-0.4, -0.2) is 13.0 Å². The number of nitrogens with one attached hydrogen (secondary N) is 1. The van der Waals surface area contributed by atoms with Gasteiger partial charge in [0.15, 0.2) is 0 Å². The number of hydrogen-bond donors (Lipinski definition) is 2. The average Bonchev–Trinajstić information content (AvgIpc) is 2.39. The maximum atomic E-state index is 12.0. The molecule has 3 N–H and O–H groups in total. The zero-order chi connectivity index (χ0) is 13.0. The van der Waals surface area contributed by atoms with Crippen LogP contribution in [0.25, 0.3) is 0 Å². The van der Waals surface area contributed by atoms with Gasteiger partial charge in [-0.1, -0.05) is 18.2 Å². The number of para-hydroxylation sites is 1. The van der Waals surface area contributed by atoms with Crippen molar-refractivity contribution in [2.45, 2.75) is 0 Å². The summed E-state index contributed by atoms with van der Waals surface area (Å²) in [6, 6.07) is 14.2. The predicted molar refractivity (Wildman–Crippen MR) is 71.8 cm³/mol. The number of carbonyl (C=O) groups excluding carboxylic acids is 1. The summed E-state index contributed by atoms with van der Waals surface area (Å²) in [5.74, 6) is 0.347. The van der Waals surface area contributed by atoms with Crippen LogP contribution in [0.2, 0.25) is 0 Å². The molecule has 0 aromatic heterocycles. The highest BCUT2D eigenvalue weighted by Crippen LogP contribution is 2.19. The first-order valence-corrected chi connectivity index (χ1v) is 5.50. The van der Waals surface area contributed by atoms with E-state index in [0.29, 0.717) is 17.0 Å². The second-order valence-corrected chi connectivity index (χ2v) is 3.81. The van der Waals surface area contributed by atoms with Gasteiger partial charge in [-0.2, -0.15) is 0 Å². The minimum atomic E-state index is -0.216. The third-order valence-electron chi connectivity index (χ3n) is 2.46. The van der Waals surface area contributed by atoms with Crippen molar-refractivity contribution in [2.75, 3.05) is 18.2 Å². The fourth-order valence-electron chi connectivity index (χ4n) is 1.60. The van der Waals surface area contributed by atoms with Gasteiger partial charge >= 0.3 is 0 Å². The van der Waals surface area contributed by atoms with Crippen molar-refractivity contribution in [3.05, 3.63) is 54.1 Å². The van der Waals surface area contributed by atoms with Gasteiger partial charge in [-0.15, -0.1) is 0 Å². The van der Waals surface area contributed by atoms with Gasteiger partial charge in [0.1, 0.15) is 5.75 Å². The van der Waals surface area contributed by atoms with E-state index in [1.54, 1.807) is 18.2 Å². The molecule has 0 unspecified atom stereocenters. The molecular formula is C14H14N2O2. The maximum absolute atomic E-state index is 12.0. The molecule has 2 rings (SSSR count). The van der Waals surface area contributed by atoms with Gasteiger partial charge in [-0.05, 0) is 24.3 Å². The van der Waals surface area contributed by atoms with E-state index in [2.05, 4.69) is 5.32 Å². The molecule has 0 aliphatic heterocycles. The summed E-state index contributed by atoms with van der Waals surface area (Å²) in [7, 11) is 1.54. The highest BCUT2D eigenvalue weighted by Gasteiger charge is 2.08. The molecule has 18 heavy (non-hydrogen) atoms. The van der Waals surface area contributed by atoms with Gasteiger partial charge in [0.25, 0.3) is 5.91 Å². The quantitative estimate of drug-likeness (QED) is 0.813. The Kier molecular flexibility index (Phi) is 3.48. The van der Waals surface area contributed by atoms with Crippen LogP contribution in [-0.2, 0) is 0 Å². The summed E-state index contributed by atoms with van der Waals surface area (Å²) in [4.78, 5) is 12.0. The first-order valence-electron chi connectivity index (χ1n) is 5.50. The number of ether oxygens (including phenoxy) is 1. The molecule has 4 nitrogen and oxygen atoms in total. The zero-order valence-electron chi connectivity index (χ0n) is 10.0. The van der Waals surface area contributed by atoms with E-state index < -0.39 is 0 Å². The van der Waals surface area contributed by atoms with Crippen molar-refractivity contribution in [3.8, 4) is 5.75 Å². The summed E-state index contributed by atoms with van der Waals surface area (Å²) in [5.41, 5.74) is 7.41. The second-order valence-electron chi connectivity index (χ2n) is 3.81. The molecule has 0 saturated heterocycles. The minimum Gasteiger partial charge on any atom is -0.497 e. The first-order chi connectivity index (χ1) is 8.69. The van der Waals surface area contributed by atoms with E-state index in [1.807, 2.05) is 30.3 Å². The molecule has 92 valence electrons. The fraction of sp³-hybridized carbons (Fsp3) is 0.0714. The van der Waals surface area contributed by atoms with Crippen molar-refractivity contribution in [1.29, 1.82) is 0 Å². The number of anilines is 2. The molecule has 0 atom stereocenters. The number of carbonyl (C=O) groups is 1. The molecule has 0 radical (unpaired) electrons. The molecule has 4 heteroatoms. The fourth-order valence-corrected chi connectivity index (χ4v) is 1.60.